The van der Waals surface area contributed by atoms with E-state index in [1.165, 1.54) is 17.5 Å². The number of anilines is 2. The molecule has 186 valence electrons. The molecule has 1 spiro atoms. The van der Waals surface area contributed by atoms with Gasteiger partial charge in [-0.2, -0.15) is 0 Å². The van der Waals surface area contributed by atoms with Crippen LogP contribution in [0.3, 0.4) is 0 Å². The number of halogens is 1. The molecule has 9 nitrogen and oxygen atoms in total. The van der Waals surface area contributed by atoms with E-state index in [1.54, 1.807) is 11.9 Å². The first kappa shape index (κ1) is 23.9. The highest BCUT2D eigenvalue weighted by molar-refractivity contribution is 7.19. The third kappa shape index (κ3) is 4.69. The summed E-state index contributed by atoms with van der Waals surface area (Å²) in [6, 6.07) is 5.83. The van der Waals surface area contributed by atoms with E-state index in [4.69, 9.17) is 11.6 Å². The van der Waals surface area contributed by atoms with Gasteiger partial charge in [0.25, 0.3) is 0 Å². The van der Waals surface area contributed by atoms with Gasteiger partial charge in [0.05, 0.1) is 6.20 Å². The number of nitrogens with zero attached hydrogens (tertiary/aromatic N) is 4. The fourth-order valence-corrected chi connectivity index (χ4v) is 6.05. The topological polar surface area (TPSA) is 97.9 Å². The lowest BCUT2D eigenvalue weighted by Gasteiger charge is -2.30. The van der Waals surface area contributed by atoms with Crippen LogP contribution >= 0.6 is 22.9 Å². The van der Waals surface area contributed by atoms with Crippen LogP contribution in [-0.4, -0.2) is 72.5 Å². The van der Waals surface area contributed by atoms with Gasteiger partial charge in [-0.15, -0.1) is 0 Å². The van der Waals surface area contributed by atoms with Crippen molar-refractivity contribution in [1.82, 2.24) is 20.1 Å². The van der Waals surface area contributed by atoms with E-state index in [0.29, 0.717) is 35.5 Å². The Kier molecular flexibility index (Phi) is 6.59. The Morgan fingerprint density at radius 3 is 2.66 bits per heavy atom. The molecule has 2 fully saturated rings. The van der Waals surface area contributed by atoms with Crippen LogP contribution in [0.25, 0.3) is 0 Å². The van der Waals surface area contributed by atoms with Crippen molar-refractivity contribution >= 4 is 51.7 Å². The molecule has 0 radical (unpaired) electrons. The molecule has 0 aliphatic carbocycles. The lowest BCUT2D eigenvalue weighted by molar-refractivity contribution is -0.134. The van der Waals surface area contributed by atoms with Crippen LogP contribution in [0.5, 0.6) is 0 Å². The Hall–Kier alpha value is -2.85. The highest BCUT2D eigenvalue weighted by Gasteiger charge is 2.50. The molecule has 1 atom stereocenters. The van der Waals surface area contributed by atoms with Crippen molar-refractivity contribution in [3.05, 3.63) is 39.9 Å². The Bertz CT molecular complexity index is 1150. The number of urea groups is 2. The molecular weight excluding hydrogens is 488 g/mol. The smallest absolute Gasteiger partial charge is 0.328 e. The normalized spacial score (nSPS) is 20.7. The number of aryl methyl sites for hydroxylation is 1. The van der Waals surface area contributed by atoms with Crippen molar-refractivity contribution in [3.63, 3.8) is 0 Å². The van der Waals surface area contributed by atoms with E-state index < -0.39 is 0 Å². The number of benzene rings is 1. The Morgan fingerprint density at radius 2 is 1.97 bits per heavy atom. The first-order chi connectivity index (χ1) is 16.9. The summed E-state index contributed by atoms with van der Waals surface area (Å²) in [4.78, 5) is 47.4. The summed E-state index contributed by atoms with van der Waals surface area (Å²) in [6.45, 7) is 3.42. The molecule has 0 bridgehead atoms. The van der Waals surface area contributed by atoms with E-state index in [0.717, 1.165) is 55.6 Å². The molecule has 1 aromatic heterocycles. The van der Waals surface area contributed by atoms with Gasteiger partial charge in [0.1, 0.15) is 4.34 Å². The predicted octanol–water partition coefficient (Wildman–Crippen LogP) is 3.69. The number of aromatic nitrogens is 1. The predicted molar refractivity (Wildman–Crippen MR) is 136 cm³/mol. The number of nitrogens with one attached hydrogen (secondary N) is 2. The van der Waals surface area contributed by atoms with E-state index in [-0.39, 0.29) is 23.4 Å². The minimum atomic E-state index is -0.330. The summed E-state index contributed by atoms with van der Waals surface area (Å²) >= 11 is 7.19. The molecule has 3 aliphatic rings. The molecule has 11 heteroatoms. The van der Waals surface area contributed by atoms with Crippen LogP contribution in [-0.2, 0) is 16.6 Å². The third-order valence-electron chi connectivity index (χ3n) is 7.24. The summed E-state index contributed by atoms with van der Waals surface area (Å²) in [5.74, 6) is 0.232. The van der Waals surface area contributed by atoms with Crippen molar-refractivity contribution < 1.29 is 14.4 Å². The second-order valence-corrected chi connectivity index (χ2v) is 11.1. The maximum Gasteiger partial charge on any atom is 0.328 e. The van der Waals surface area contributed by atoms with Gasteiger partial charge in [-0.3, -0.25) is 15.0 Å². The number of amides is 5. The number of thiazole rings is 1. The first-order valence-corrected chi connectivity index (χ1v) is 13.2. The molecule has 5 rings (SSSR count). The van der Waals surface area contributed by atoms with Crippen LogP contribution in [0.2, 0.25) is 4.34 Å². The van der Waals surface area contributed by atoms with Gasteiger partial charge in [-0.25, -0.2) is 14.6 Å². The Morgan fingerprint density at radius 1 is 1.14 bits per heavy atom. The van der Waals surface area contributed by atoms with Crippen molar-refractivity contribution in [2.24, 2.45) is 0 Å². The minimum Gasteiger partial charge on any atom is -0.343 e. The number of hydrogen-bond acceptors (Lipinski definition) is 5. The lowest BCUT2D eigenvalue weighted by atomic mass is 9.80. The lowest BCUT2D eigenvalue weighted by Crippen LogP contribution is -2.43. The fraction of sp³-hybridized carbons (Fsp3) is 0.500. The fourth-order valence-electron chi connectivity index (χ4n) is 5.24. The van der Waals surface area contributed by atoms with Crippen LogP contribution in [0.4, 0.5) is 20.4 Å². The molecule has 2 saturated heterocycles. The minimum absolute atomic E-state index is 0.107. The summed E-state index contributed by atoms with van der Waals surface area (Å²) in [5.41, 5.74) is 2.75. The maximum atomic E-state index is 13.2. The summed E-state index contributed by atoms with van der Waals surface area (Å²) < 4.78 is 0.507. The standard InChI is InChI=1S/C24H29ClN6O3S/c1-26-22(33)30-11-8-24(14-30)15-31(23(34)28-21-27-13-19(25)35-21)18-7-6-16(12-17(18)24)4-2-5-20(32)29-9-3-10-29/h6-7,12-13H,2-5,8-11,14-15H2,1H3,(H,26,33)(H,27,28,34). The van der Waals surface area contributed by atoms with Crippen molar-refractivity contribution in [3.8, 4) is 0 Å². The highest BCUT2D eigenvalue weighted by atomic mass is 35.5. The molecule has 1 unspecified atom stereocenters. The molecule has 1 aromatic carbocycles. The van der Waals surface area contributed by atoms with Crippen LogP contribution in [0.15, 0.2) is 24.4 Å². The first-order valence-electron chi connectivity index (χ1n) is 12.0. The summed E-state index contributed by atoms with van der Waals surface area (Å²) in [6.07, 6.45) is 5.53. The SMILES string of the molecule is CNC(=O)N1CCC2(C1)CN(C(=O)Nc1ncc(Cl)s1)c1ccc(CCCC(=O)N3CCC3)cc12. The average molecular weight is 517 g/mol. The van der Waals surface area contributed by atoms with E-state index in [2.05, 4.69) is 21.7 Å². The summed E-state index contributed by atoms with van der Waals surface area (Å²) in [7, 11) is 1.63. The molecule has 2 aromatic rings. The summed E-state index contributed by atoms with van der Waals surface area (Å²) in [5, 5.41) is 6.02. The molecule has 2 N–H and O–H groups in total. The largest absolute Gasteiger partial charge is 0.343 e. The Labute approximate surface area is 213 Å². The monoisotopic (exact) mass is 516 g/mol. The number of likely N-dealkylation sites (tertiary alicyclic amines) is 2. The second-order valence-electron chi connectivity index (χ2n) is 9.43. The van der Waals surface area contributed by atoms with Gasteiger partial charge in [0.2, 0.25) is 5.91 Å². The van der Waals surface area contributed by atoms with Crippen molar-refractivity contribution in [1.29, 1.82) is 0 Å². The van der Waals surface area contributed by atoms with Crippen LogP contribution in [0, 0.1) is 0 Å². The molecule has 35 heavy (non-hydrogen) atoms. The van der Waals surface area contributed by atoms with Gasteiger partial charge in [0.15, 0.2) is 5.13 Å². The zero-order chi connectivity index (χ0) is 24.6. The molecular formula is C24H29ClN6O3S. The van der Waals surface area contributed by atoms with Crippen molar-refractivity contribution in [2.75, 3.05) is 50.0 Å². The number of fused-ring (bicyclic) bond motifs is 2. The third-order valence-corrected chi connectivity index (χ3v) is 8.27. The van der Waals surface area contributed by atoms with Gasteiger partial charge in [-0.1, -0.05) is 35.1 Å². The highest BCUT2D eigenvalue weighted by Crippen LogP contribution is 2.47. The average Bonchev–Trinajstić information content (AvgIpc) is 3.50. The van der Waals surface area contributed by atoms with Crippen LogP contribution in [0.1, 0.15) is 36.8 Å². The molecule has 0 saturated carbocycles. The van der Waals surface area contributed by atoms with Gasteiger partial charge >= 0.3 is 12.1 Å². The van der Waals surface area contributed by atoms with Gasteiger partial charge < -0.3 is 15.1 Å². The number of hydrogen-bond donors (Lipinski definition) is 2. The van der Waals surface area contributed by atoms with E-state index in [1.807, 2.05) is 21.9 Å². The maximum absolute atomic E-state index is 13.2. The number of carbonyl (C=O) groups excluding carboxylic acids is 3. The van der Waals surface area contributed by atoms with Crippen LogP contribution < -0.4 is 15.5 Å². The quantitative estimate of drug-likeness (QED) is 0.633. The Balaban J connectivity index is 1.36. The van der Waals surface area contributed by atoms with Crippen molar-refractivity contribution in [2.45, 2.75) is 37.5 Å². The number of carbonyl (C=O) groups is 3. The van der Waals surface area contributed by atoms with E-state index >= 15 is 0 Å². The molecule has 3 aliphatic heterocycles. The zero-order valence-electron chi connectivity index (χ0n) is 19.7. The molecule has 4 heterocycles. The molecule has 5 amide bonds. The number of rotatable bonds is 5. The zero-order valence-corrected chi connectivity index (χ0v) is 21.3. The van der Waals surface area contributed by atoms with Gasteiger partial charge in [-0.05, 0) is 42.9 Å². The van der Waals surface area contributed by atoms with Gasteiger partial charge in [0, 0.05) is 57.3 Å². The second kappa shape index (κ2) is 9.66. The van der Waals surface area contributed by atoms with E-state index in [9.17, 15) is 14.4 Å².